The van der Waals surface area contributed by atoms with Crippen LogP contribution in [0.5, 0.6) is 0 Å². The summed E-state index contributed by atoms with van der Waals surface area (Å²) in [5.74, 6) is -0.321. The largest absolute Gasteiger partial charge is 0.368 e. The number of hydrogen-bond donors (Lipinski definition) is 1. The molecule has 2 N–H and O–H groups in total. The molecule has 0 saturated heterocycles. The number of carbonyl (C=O) groups excluding carboxylic acids is 2. The molecule has 1 heterocycles. The number of thiophene rings is 1. The first kappa shape index (κ1) is 12.1. The molecule has 1 aromatic heterocycles. The molecule has 92 valence electrons. The van der Waals surface area contributed by atoms with E-state index < -0.39 is 0 Å². The molecule has 2 rings (SSSR count). The van der Waals surface area contributed by atoms with Gasteiger partial charge in [0, 0.05) is 6.04 Å². The molecule has 0 atom stereocenters. The second-order valence-corrected chi connectivity index (χ2v) is 5.42. The molecule has 1 aliphatic rings. The Hall–Kier alpha value is -1.36. The fraction of sp³-hybridized carbons (Fsp3) is 0.500. The Labute approximate surface area is 104 Å². The Morgan fingerprint density at radius 3 is 2.71 bits per heavy atom. The molecule has 4 nitrogen and oxygen atoms in total. The van der Waals surface area contributed by atoms with Gasteiger partial charge in [-0.1, -0.05) is 12.8 Å². The zero-order valence-corrected chi connectivity index (χ0v) is 10.4. The molecule has 0 unspecified atom stereocenters. The van der Waals surface area contributed by atoms with Gasteiger partial charge in [0.05, 0.1) is 16.4 Å². The van der Waals surface area contributed by atoms with Gasteiger partial charge in [-0.05, 0) is 25.0 Å². The first-order valence-corrected chi connectivity index (χ1v) is 6.62. The number of hydrogen-bond acceptors (Lipinski definition) is 4. The fourth-order valence-corrected chi connectivity index (χ4v) is 3.22. The molecule has 0 aliphatic heterocycles. The van der Waals surface area contributed by atoms with E-state index in [9.17, 15) is 9.59 Å². The van der Waals surface area contributed by atoms with Crippen LogP contribution in [0.4, 0.5) is 5.00 Å². The van der Waals surface area contributed by atoms with Gasteiger partial charge >= 0.3 is 0 Å². The molecule has 17 heavy (non-hydrogen) atoms. The second-order valence-electron chi connectivity index (χ2n) is 4.33. The molecular weight excluding hydrogens is 236 g/mol. The second kappa shape index (κ2) is 5.31. The van der Waals surface area contributed by atoms with E-state index in [1.165, 1.54) is 24.2 Å². The standard InChI is InChI=1S/C12H16N2O2S/c13-11(16)7-14(9-3-1-2-4-9)12-6-5-10(8-15)17-12/h5-6,8-9H,1-4,7H2,(H2,13,16). The smallest absolute Gasteiger partial charge is 0.236 e. The zero-order chi connectivity index (χ0) is 12.3. The van der Waals surface area contributed by atoms with Gasteiger partial charge in [0.15, 0.2) is 6.29 Å². The van der Waals surface area contributed by atoms with E-state index in [4.69, 9.17) is 5.73 Å². The van der Waals surface area contributed by atoms with Crippen molar-refractivity contribution in [3.63, 3.8) is 0 Å². The van der Waals surface area contributed by atoms with Crippen molar-refractivity contribution in [1.82, 2.24) is 0 Å². The number of aldehydes is 1. The van der Waals surface area contributed by atoms with Crippen LogP contribution < -0.4 is 10.6 Å². The molecule has 0 bridgehead atoms. The van der Waals surface area contributed by atoms with Crippen LogP contribution in [0.3, 0.4) is 0 Å². The van der Waals surface area contributed by atoms with Gasteiger partial charge in [-0.15, -0.1) is 11.3 Å². The van der Waals surface area contributed by atoms with Crippen molar-refractivity contribution >= 4 is 28.5 Å². The van der Waals surface area contributed by atoms with E-state index in [0.717, 1.165) is 24.1 Å². The van der Waals surface area contributed by atoms with Crippen molar-refractivity contribution in [3.8, 4) is 0 Å². The minimum atomic E-state index is -0.321. The normalized spacial score (nSPS) is 16.0. The van der Waals surface area contributed by atoms with Crippen molar-refractivity contribution < 1.29 is 9.59 Å². The van der Waals surface area contributed by atoms with Crippen molar-refractivity contribution in [2.24, 2.45) is 5.73 Å². The van der Waals surface area contributed by atoms with E-state index in [2.05, 4.69) is 0 Å². The van der Waals surface area contributed by atoms with Gasteiger partial charge in [-0.2, -0.15) is 0 Å². The Kier molecular flexibility index (Phi) is 3.78. The molecular formula is C12H16N2O2S. The predicted molar refractivity (Wildman–Crippen MR) is 68.5 cm³/mol. The highest BCUT2D eigenvalue weighted by Crippen LogP contribution is 2.32. The summed E-state index contributed by atoms with van der Waals surface area (Å²) in [7, 11) is 0. The minimum absolute atomic E-state index is 0.240. The minimum Gasteiger partial charge on any atom is -0.368 e. The van der Waals surface area contributed by atoms with E-state index in [1.807, 2.05) is 11.0 Å². The predicted octanol–water partition coefficient (Wildman–Crippen LogP) is 1.79. The van der Waals surface area contributed by atoms with E-state index in [0.29, 0.717) is 10.9 Å². The van der Waals surface area contributed by atoms with Crippen molar-refractivity contribution in [2.45, 2.75) is 31.7 Å². The lowest BCUT2D eigenvalue weighted by atomic mass is 10.2. The lowest BCUT2D eigenvalue weighted by Gasteiger charge is -2.28. The number of nitrogens with zero attached hydrogens (tertiary/aromatic N) is 1. The monoisotopic (exact) mass is 252 g/mol. The van der Waals surface area contributed by atoms with Crippen LogP contribution in [-0.2, 0) is 4.79 Å². The molecule has 0 radical (unpaired) electrons. The molecule has 1 fully saturated rings. The Morgan fingerprint density at radius 2 is 2.18 bits per heavy atom. The fourth-order valence-electron chi connectivity index (χ4n) is 2.33. The van der Waals surface area contributed by atoms with Gasteiger partial charge in [0.25, 0.3) is 0 Å². The number of carbonyl (C=O) groups is 2. The molecule has 0 aromatic carbocycles. The average molecular weight is 252 g/mol. The van der Waals surface area contributed by atoms with Gasteiger partial charge in [0.2, 0.25) is 5.91 Å². The average Bonchev–Trinajstić information content (AvgIpc) is 2.97. The van der Waals surface area contributed by atoms with Crippen LogP contribution in [0.2, 0.25) is 0 Å². The van der Waals surface area contributed by atoms with Gasteiger partial charge in [-0.25, -0.2) is 0 Å². The van der Waals surface area contributed by atoms with Crippen LogP contribution >= 0.6 is 11.3 Å². The van der Waals surface area contributed by atoms with Crippen LogP contribution in [0.1, 0.15) is 35.4 Å². The Balaban J connectivity index is 2.18. The molecule has 1 aromatic rings. The number of anilines is 1. The maximum Gasteiger partial charge on any atom is 0.236 e. The first-order chi connectivity index (χ1) is 8.20. The molecule has 1 aliphatic carbocycles. The SMILES string of the molecule is NC(=O)CN(c1ccc(C=O)s1)C1CCCC1. The first-order valence-electron chi connectivity index (χ1n) is 5.80. The lowest BCUT2D eigenvalue weighted by Crippen LogP contribution is -2.39. The third-order valence-corrected chi connectivity index (χ3v) is 4.15. The summed E-state index contributed by atoms with van der Waals surface area (Å²) >= 11 is 1.42. The summed E-state index contributed by atoms with van der Waals surface area (Å²) in [5.41, 5.74) is 5.29. The molecule has 1 amide bonds. The van der Waals surface area contributed by atoms with Crippen molar-refractivity contribution in [2.75, 3.05) is 11.4 Å². The zero-order valence-electron chi connectivity index (χ0n) is 9.59. The summed E-state index contributed by atoms with van der Waals surface area (Å²) in [6.45, 7) is 0.240. The highest BCUT2D eigenvalue weighted by Gasteiger charge is 2.25. The van der Waals surface area contributed by atoms with Crippen molar-refractivity contribution in [3.05, 3.63) is 17.0 Å². The van der Waals surface area contributed by atoms with Crippen LogP contribution in [-0.4, -0.2) is 24.8 Å². The number of primary amides is 1. The van der Waals surface area contributed by atoms with E-state index >= 15 is 0 Å². The van der Waals surface area contributed by atoms with Crippen LogP contribution in [0.25, 0.3) is 0 Å². The highest BCUT2D eigenvalue weighted by molar-refractivity contribution is 7.17. The maximum atomic E-state index is 11.1. The maximum absolute atomic E-state index is 11.1. The molecule has 0 spiro atoms. The Morgan fingerprint density at radius 1 is 1.47 bits per heavy atom. The third kappa shape index (κ3) is 2.85. The summed E-state index contributed by atoms with van der Waals surface area (Å²) < 4.78 is 0. The molecule has 5 heteroatoms. The molecule has 1 saturated carbocycles. The summed E-state index contributed by atoms with van der Waals surface area (Å²) in [4.78, 5) is 24.6. The highest BCUT2D eigenvalue weighted by atomic mass is 32.1. The number of amides is 1. The van der Waals surface area contributed by atoms with E-state index in [-0.39, 0.29) is 12.5 Å². The number of nitrogens with two attached hydrogens (primary N) is 1. The van der Waals surface area contributed by atoms with Crippen molar-refractivity contribution in [1.29, 1.82) is 0 Å². The lowest BCUT2D eigenvalue weighted by molar-refractivity contribution is -0.116. The van der Waals surface area contributed by atoms with Gasteiger partial charge < -0.3 is 10.6 Å². The van der Waals surface area contributed by atoms with Gasteiger partial charge in [0.1, 0.15) is 0 Å². The third-order valence-electron chi connectivity index (χ3n) is 3.10. The Bertz CT molecular complexity index is 410. The topological polar surface area (TPSA) is 63.4 Å². The summed E-state index contributed by atoms with van der Waals surface area (Å²) in [5, 5.41) is 0.970. The van der Waals surface area contributed by atoms with Crippen LogP contribution in [0, 0.1) is 0 Å². The quantitative estimate of drug-likeness (QED) is 0.813. The van der Waals surface area contributed by atoms with Crippen LogP contribution in [0.15, 0.2) is 12.1 Å². The number of rotatable bonds is 5. The summed E-state index contributed by atoms with van der Waals surface area (Å²) in [6.07, 6.45) is 5.44. The van der Waals surface area contributed by atoms with Gasteiger partial charge in [-0.3, -0.25) is 9.59 Å². The summed E-state index contributed by atoms with van der Waals surface area (Å²) in [6, 6.07) is 4.08. The van der Waals surface area contributed by atoms with E-state index in [1.54, 1.807) is 6.07 Å².